The molecule has 0 saturated heterocycles. The topological polar surface area (TPSA) is 402 Å². The molecule has 0 amide bonds. The summed E-state index contributed by atoms with van der Waals surface area (Å²) in [7, 11) is 0. The highest BCUT2D eigenvalue weighted by molar-refractivity contribution is 5.76. The van der Waals surface area contributed by atoms with E-state index in [-0.39, 0.29) is 51.4 Å². The van der Waals surface area contributed by atoms with Crippen LogP contribution in [0.4, 0.5) is 0 Å². The van der Waals surface area contributed by atoms with Gasteiger partial charge in [-0.05, 0) is 25.7 Å². The van der Waals surface area contributed by atoms with Gasteiger partial charge in [0.1, 0.15) is 24.2 Å². The maximum atomic E-state index is 9.99. The van der Waals surface area contributed by atoms with Crippen LogP contribution in [0, 0.1) is 0 Å². The Morgan fingerprint density at radius 3 is 0.550 bits per heavy atom. The van der Waals surface area contributed by atoms with Crippen molar-refractivity contribution < 1.29 is 79.2 Å². The number of carboxylic acid groups (broad SMARTS) is 8. The molecule has 0 spiro atoms. The fourth-order valence-electron chi connectivity index (χ4n) is 1.61. The summed E-state index contributed by atoms with van der Waals surface area (Å²) >= 11 is 0. The molecule has 0 bridgehead atoms. The van der Waals surface area contributed by atoms with Crippen molar-refractivity contribution >= 4 is 47.8 Å². The van der Waals surface area contributed by atoms with Crippen LogP contribution >= 0.6 is 0 Å². The van der Waals surface area contributed by atoms with Crippen LogP contribution in [0.25, 0.3) is 0 Å². The zero-order chi connectivity index (χ0) is 32.6. The molecule has 0 saturated carbocycles. The van der Waals surface area contributed by atoms with E-state index in [9.17, 15) is 38.4 Å². The van der Waals surface area contributed by atoms with E-state index in [1.165, 1.54) is 0 Å². The van der Waals surface area contributed by atoms with Crippen LogP contribution in [0.15, 0.2) is 0 Å². The zero-order valence-electron chi connectivity index (χ0n) is 21.1. The lowest BCUT2D eigenvalue weighted by molar-refractivity contribution is -0.141. The van der Waals surface area contributed by atoms with Gasteiger partial charge in [-0.1, -0.05) is 0 Å². The van der Waals surface area contributed by atoms with E-state index in [0.29, 0.717) is 0 Å². The molecular weight excluding hydrogens is 552 g/mol. The highest BCUT2D eigenvalue weighted by atomic mass is 16.4. The van der Waals surface area contributed by atoms with Crippen molar-refractivity contribution in [3.05, 3.63) is 0 Å². The summed E-state index contributed by atoms with van der Waals surface area (Å²) in [5, 5.41) is 65.1. The van der Waals surface area contributed by atoms with E-state index in [1.54, 1.807) is 0 Å². The molecule has 0 fully saturated rings. The van der Waals surface area contributed by atoms with Gasteiger partial charge >= 0.3 is 47.8 Å². The number of carbonyl (C=O) groups is 8. The van der Waals surface area contributed by atoms with Crippen LogP contribution in [-0.4, -0.2) is 113 Å². The highest BCUT2D eigenvalue weighted by Crippen LogP contribution is 1.95. The molecule has 0 radical (unpaired) electrons. The maximum Gasteiger partial charge on any atom is 0.320 e. The third-order valence-electron chi connectivity index (χ3n) is 3.95. The van der Waals surface area contributed by atoms with Gasteiger partial charge in [-0.2, -0.15) is 0 Å². The van der Waals surface area contributed by atoms with Crippen LogP contribution in [0.1, 0.15) is 51.4 Å². The monoisotopic (exact) mass is 588 g/mol. The van der Waals surface area contributed by atoms with E-state index in [0.717, 1.165) is 0 Å². The first-order valence-corrected chi connectivity index (χ1v) is 11.0. The highest BCUT2D eigenvalue weighted by Gasteiger charge is 2.14. The normalized spacial score (nSPS) is 12.5. The van der Waals surface area contributed by atoms with E-state index in [2.05, 4.69) is 0 Å². The van der Waals surface area contributed by atoms with Crippen LogP contribution < -0.4 is 22.9 Å². The number of hydrogen-bond donors (Lipinski definition) is 12. The SMILES string of the molecule is NC(CCC(=O)O)C(=O)O.NC(CCC(=O)O)C(=O)O.NC(CCC(=O)O)C(=O)O.NC(CCC(=O)O)C(=O)O. The molecule has 0 rings (SSSR count). The van der Waals surface area contributed by atoms with Gasteiger partial charge in [-0.25, -0.2) is 0 Å². The van der Waals surface area contributed by atoms with Crippen LogP contribution in [0.3, 0.4) is 0 Å². The van der Waals surface area contributed by atoms with E-state index >= 15 is 0 Å². The second-order valence-corrected chi connectivity index (χ2v) is 7.51. The summed E-state index contributed by atoms with van der Waals surface area (Å²) < 4.78 is 0. The first-order chi connectivity index (χ1) is 18.1. The average molecular weight is 589 g/mol. The molecule has 0 heterocycles. The molecule has 232 valence electrons. The number of hydrogen-bond acceptors (Lipinski definition) is 12. The summed E-state index contributed by atoms with van der Waals surface area (Å²) in [5.41, 5.74) is 20.0. The van der Waals surface area contributed by atoms with E-state index in [4.69, 9.17) is 63.8 Å². The molecule has 0 aromatic carbocycles. The molecule has 20 heteroatoms. The van der Waals surface area contributed by atoms with Crippen molar-refractivity contribution in [3.8, 4) is 0 Å². The van der Waals surface area contributed by atoms with Crippen molar-refractivity contribution in [2.24, 2.45) is 22.9 Å². The van der Waals surface area contributed by atoms with Gasteiger partial charge in [0.05, 0.1) is 0 Å². The van der Waals surface area contributed by atoms with Gasteiger partial charge in [0.15, 0.2) is 0 Å². The Hall–Kier alpha value is -4.40. The van der Waals surface area contributed by atoms with Crippen LogP contribution in [0.2, 0.25) is 0 Å². The van der Waals surface area contributed by atoms with E-state index < -0.39 is 71.9 Å². The lowest BCUT2D eigenvalue weighted by Crippen LogP contribution is -2.30. The van der Waals surface area contributed by atoms with Crippen molar-refractivity contribution in [1.82, 2.24) is 0 Å². The number of carboxylic acids is 8. The van der Waals surface area contributed by atoms with Crippen molar-refractivity contribution in [2.45, 2.75) is 75.5 Å². The minimum atomic E-state index is -1.17. The predicted molar refractivity (Wildman–Crippen MR) is 130 cm³/mol. The van der Waals surface area contributed by atoms with Gasteiger partial charge in [0, 0.05) is 25.7 Å². The standard InChI is InChI=1S/4C5H9NO4/c4*6-3(5(9)10)1-2-4(7)8/h4*3H,1-2,6H2,(H,7,8)(H,9,10). The van der Waals surface area contributed by atoms with Gasteiger partial charge < -0.3 is 63.8 Å². The summed E-state index contributed by atoms with van der Waals surface area (Å²) in [6.45, 7) is 0. The Morgan fingerprint density at radius 1 is 0.350 bits per heavy atom. The minimum absolute atomic E-state index is 0.0231. The Balaban J connectivity index is -0.000000216. The Kier molecular flexibility index (Phi) is 26.6. The lowest BCUT2D eigenvalue weighted by atomic mass is 10.2. The third kappa shape index (κ3) is 35.8. The van der Waals surface area contributed by atoms with Gasteiger partial charge in [0.25, 0.3) is 0 Å². The summed E-state index contributed by atoms with van der Waals surface area (Å²) in [5.74, 6) is -8.79. The lowest BCUT2D eigenvalue weighted by Gasteiger charge is -2.01. The smallest absolute Gasteiger partial charge is 0.320 e. The third-order valence-corrected chi connectivity index (χ3v) is 3.95. The first kappa shape index (κ1) is 42.7. The summed E-state index contributed by atoms with van der Waals surface area (Å²) in [6.07, 6.45) is -0.896. The Morgan fingerprint density at radius 2 is 0.475 bits per heavy atom. The van der Waals surface area contributed by atoms with E-state index in [1.807, 2.05) is 0 Å². The Labute approximate surface area is 226 Å². The summed E-state index contributed by atoms with van der Waals surface area (Å²) in [4.78, 5) is 79.5. The molecule has 40 heavy (non-hydrogen) atoms. The molecule has 4 unspecified atom stereocenters. The fraction of sp³-hybridized carbons (Fsp3) is 0.600. The van der Waals surface area contributed by atoms with Crippen LogP contribution in [0.5, 0.6) is 0 Å². The predicted octanol–water partition coefficient (Wildman–Crippen LogP) is -2.95. The summed E-state index contributed by atoms with van der Waals surface area (Å²) in [6, 6.07) is -4.24. The quantitative estimate of drug-likeness (QED) is 0.0856. The average Bonchev–Trinajstić information content (AvgIpc) is 2.83. The molecule has 0 aromatic rings. The van der Waals surface area contributed by atoms with Gasteiger partial charge in [0.2, 0.25) is 0 Å². The molecule has 16 N–H and O–H groups in total. The molecular formula is C20H36N4O16. The van der Waals surface area contributed by atoms with Gasteiger partial charge in [-0.3, -0.25) is 38.4 Å². The second kappa shape index (κ2) is 24.9. The number of nitrogens with two attached hydrogens (primary N) is 4. The molecule has 0 aliphatic carbocycles. The van der Waals surface area contributed by atoms with Crippen molar-refractivity contribution in [2.75, 3.05) is 0 Å². The molecule has 0 aliphatic rings. The van der Waals surface area contributed by atoms with Crippen molar-refractivity contribution in [3.63, 3.8) is 0 Å². The zero-order valence-corrected chi connectivity index (χ0v) is 21.1. The van der Waals surface area contributed by atoms with Gasteiger partial charge in [-0.15, -0.1) is 0 Å². The molecule has 0 aromatic heterocycles. The molecule has 0 aliphatic heterocycles. The van der Waals surface area contributed by atoms with Crippen molar-refractivity contribution in [1.29, 1.82) is 0 Å². The van der Waals surface area contributed by atoms with Crippen LogP contribution in [-0.2, 0) is 38.4 Å². The number of aliphatic carboxylic acids is 8. The maximum absolute atomic E-state index is 9.99. The second-order valence-electron chi connectivity index (χ2n) is 7.51. The largest absolute Gasteiger partial charge is 0.481 e. The fourth-order valence-corrected chi connectivity index (χ4v) is 1.61. The molecule has 4 atom stereocenters. The first-order valence-electron chi connectivity index (χ1n) is 11.0. The Bertz CT molecular complexity index is 714. The minimum Gasteiger partial charge on any atom is -0.481 e. The molecule has 20 nitrogen and oxygen atoms in total. The number of rotatable bonds is 16.